The number of hydrogen-bond acceptors (Lipinski definition) is 4. The Kier molecular flexibility index (Phi) is 5.60. The number of anilines is 1. The molecule has 0 spiro atoms. The SMILES string of the molecule is Cc1cccc(NC(=O)[C@@H](c2cccc([N+](=O)[O-])c2)[NH+]2CCOCC2)c1. The van der Waals surface area contributed by atoms with Crippen LogP contribution in [0.3, 0.4) is 0 Å². The number of carbonyl (C=O) groups is 1. The molecule has 7 heteroatoms. The minimum absolute atomic E-state index is 0.0106. The third-order valence-corrected chi connectivity index (χ3v) is 4.51. The van der Waals surface area contributed by atoms with E-state index >= 15 is 0 Å². The summed E-state index contributed by atoms with van der Waals surface area (Å²) in [6, 6.07) is 13.4. The van der Waals surface area contributed by atoms with Crippen LogP contribution in [0.15, 0.2) is 48.5 Å². The molecular weight excluding hydrogens is 334 g/mol. The molecule has 26 heavy (non-hydrogen) atoms. The lowest BCUT2D eigenvalue weighted by molar-refractivity contribution is -0.929. The van der Waals surface area contributed by atoms with Gasteiger partial charge in [0.05, 0.1) is 18.1 Å². The van der Waals surface area contributed by atoms with E-state index in [2.05, 4.69) is 5.32 Å². The predicted octanol–water partition coefficient (Wildman–Crippen LogP) is 1.50. The Morgan fingerprint density at radius 1 is 1.19 bits per heavy atom. The van der Waals surface area contributed by atoms with Crippen LogP contribution in [0.1, 0.15) is 17.2 Å². The highest BCUT2D eigenvalue weighted by molar-refractivity contribution is 5.94. The standard InChI is InChI=1S/C19H21N3O4/c1-14-4-2-6-16(12-14)20-19(23)18(21-8-10-26-11-9-21)15-5-3-7-17(13-15)22(24)25/h2-7,12-13,18H,8-11H2,1H3,(H,20,23)/p+1/t18-/m1/s1. The lowest BCUT2D eigenvalue weighted by atomic mass is 10.0. The van der Waals surface area contributed by atoms with Crippen LogP contribution in [0.25, 0.3) is 0 Å². The number of quaternary nitrogens is 1. The molecule has 2 N–H and O–H groups in total. The van der Waals surface area contributed by atoms with E-state index in [-0.39, 0.29) is 11.6 Å². The highest BCUT2D eigenvalue weighted by Gasteiger charge is 2.33. The largest absolute Gasteiger partial charge is 0.370 e. The monoisotopic (exact) mass is 356 g/mol. The Morgan fingerprint density at radius 3 is 2.62 bits per heavy atom. The maximum Gasteiger partial charge on any atom is 0.287 e. The third-order valence-electron chi connectivity index (χ3n) is 4.51. The predicted molar refractivity (Wildman–Crippen MR) is 97.2 cm³/mol. The minimum atomic E-state index is -0.528. The second kappa shape index (κ2) is 8.07. The molecular formula is C19H22N3O4+. The fraction of sp³-hybridized carbons (Fsp3) is 0.316. The minimum Gasteiger partial charge on any atom is -0.370 e. The van der Waals surface area contributed by atoms with Gasteiger partial charge in [0.2, 0.25) is 0 Å². The van der Waals surface area contributed by atoms with E-state index in [0.717, 1.165) is 16.2 Å². The average molecular weight is 356 g/mol. The summed E-state index contributed by atoms with van der Waals surface area (Å²) < 4.78 is 5.40. The van der Waals surface area contributed by atoms with Crippen molar-refractivity contribution in [1.29, 1.82) is 0 Å². The van der Waals surface area contributed by atoms with E-state index in [9.17, 15) is 14.9 Å². The van der Waals surface area contributed by atoms with Crippen molar-refractivity contribution in [2.75, 3.05) is 31.6 Å². The first-order valence-corrected chi connectivity index (χ1v) is 8.59. The van der Waals surface area contributed by atoms with Gasteiger partial charge >= 0.3 is 0 Å². The van der Waals surface area contributed by atoms with Gasteiger partial charge < -0.3 is 15.0 Å². The number of benzene rings is 2. The molecule has 2 aromatic carbocycles. The number of nitro groups is 1. The van der Waals surface area contributed by atoms with Crippen LogP contribution in [-0.4, -0.2) is 37.1 Å². The zero-order chi connectivity index (χ0) is 18.5. The molecule has 1 heterocycles. The molecule has 2 aromatic rings. The highest BCUT2D eigenvalue weighted by Crippen LogP contribution is 2.20. The lowest BCUT2D eigenvalue weighted by Crippen LogP contribution is -3.15. The van der Waals surface area contributed by atoms with Crippen molar-refractivity contribution in [3.63, 3.8) is 0 Å². The summed E-state index contributed by atoms with van der Waals surface area (Å²) in [5, 5.41) is 14.1. The fourth-order valence-corrected chi connectivity index (χ4v) is 3.25. The van der Waals surface area contributed by atoms with Crippen molar-refractivity contribution < 1.29 is 19.4 Å². The van der Waals surface area contributed by atoms with Crippen LogP contribution >= 0.6 is 0 Å². The fourth-order valence-electron chi connectivity index (χ4n) is 3.25. The molecule has 1 fully saturated rings. The van der Waals surface area contributed by atoms with Crippen LogP contribution < -0.4 is 10.2 Å². The van der Waals surface area contributed by atoms with Gasteiger partial charge in [0.25, 0.3) is 11.6 Å². The molecule has 3 rings (SSSR count). The Morgan fingerprint density at radius 2 is 1.92 bits per heavy atom. The topological polar surface area (TPSA) is 85.9 Å². The second-order valence-electron chi connectivity index (χ2n) is 6.41. The number of hydrogen-bond donors (Lipinski definition) is 2. The zero-order valence-corrected chi connectivity index (χ0v) is 14.6. The number of nitro benzene ring substituents is 1. The first kappa shape index (κ1) is 18.0. The summed E-state index contributed by atoms with van der Waals surface area (Å²) in [7, 11) is 0. The highest BCUT2D eigenvalue weighted by atomic mass is 16.6. The normalized spacial score (nSPS) is 16.0. The molecule has 0 bridgehead atoms. The van der Waals surface area contributed by atoms with Crippen molar-refractivity contribution in [3.05, 3.63) is 69.8 Å². The molecule has 1 saturated heterocycles. The van der Waals surface area contributed by atoms with Crippen LogP contribution in [0.4, 0.5) is 11.4 Å². The van der Waals surface area contributed by atoms with Crippen LogP contribution in [-0.2, 0) is 9.53 Å². The number of non-ortho nitro benzene ring substituents is 1. The van der Waals surface area contributed by atoms with Gasteiger partial charge in [-0.15, -0.1) is 0 Å². The summed E-state index contributed by atoms with van der Waals surface area (Å²) in [5.41, 5.74) is 2.40. The molecule has 7 nitrogen and oxygen atoms in total. The van der Waals surface area contributed by atoms with Gasteiger partial charge in [-0.05, 0) is 24.6 Å². The molecule has 0 saturated carbocycles. The van der Waals surface area contributed by atoms with Crippen LogP contribution in [0.5, 0.6) is 0 Å². The molecule has 0 radical (unpaired) electrons. The summed E-state index contributed by atoms with van der Waals surface area (Å²) in [4.78, 5) is 24.8. The van der Waals surface area contributed by atoms with Gasteiger partial charge in [0.1, 0.15) is 13.1 Å². The molecule has 1 atom stereocenters. The summed E-state index contributed by atoms with van der Waals surface area (Å²) in [6.45, 7) is 4.45. The summed E-state index contributed by atoms with van der Waals surface area (Å²) in [6.07, 6.45) is 0. The Labute approximate surface area is 151 Å². The quantitative estimate of drug-likeness (QED) is 0.628. The van der Waals surface area contributed by atoms with Crippen molar-refractivity contribution >= 4 is 17.3 Å². The Hall–Kier alpha value is -2.77. The molecule has 0 unspecified atom stereocenters. The number of aryl methyl sites for hydroxylation is 1. The first-order valence-electron chi connectivity index (χ1n) is 8.59. The Bertz CT molecular complexity index is 803. The van der Waals surface area contributed by atoms with Crippen LogP contribution in [0, 0.1) is 17.0 Å². The lowest BCUT2D eigenvalue weighted by Gasteiger charge is -2.30. The Balaban J connectivity index is 1.91. The van der Waals surface area contributed by atoms with Gasteiger partial charge in [0.15, 0.2) is 6.04 Å². The van der Waals surface area contributed by atoms with Gasteiger partial charge in [-0.2, -0.15) is 0 Å². The van der Waals surface area contributed by atoms with E-state index in [4.69, 9.17) is 4.74 Å². The number of ether oxygens (including phenoxy) is 1. The number of morpholine rings is 1. The van der Waals surface area contributed by atoms with E-state index in [1.54, 1.807) is 12.1 Å². The number of nitrogens with one attached hydrogen (secondary N) is 2. The van der Waals surface area contributed by atoms with Crippen molar-refractivity contribution in [3.8, 4) is 0 Å². The van der Waals surface area contributed by atoms with Crippen molar-refractivity contribution in [2.45, 2.75) is 13.0 Å². The van der Waals surface area contributed by atoms with Crippen molar-refractivity contribution in [1.82, 2.24) is 0 Å². The average Bonchev–Trinajstić information content (AvgIpc) is 2.63. The van der Waals surface area contributed by atoms with Gasteiger partial charge in [-0.25, -0.2) is 0 Å². The van der Waals surface area contributed by atoms with Gasteiger partial charge in [0, 0.05) is 23.4 Å². The summed E-state index contributed by atoms with van der Waals surface area (Å²) >= 11 is 0. The molecule has 1 aliphatic rings. The van der Waals surface area contributed by atoms with Gasteiger partial charge in [-0.3, -0.25) is 14.9 Å². The maximum atomic E-state index is 13.1. The number of carbonyl (C=O) groups excluding carboxylic acids is 1. The smallest absolute Gasteiger partial charge is 0.287 e. The van der Waals surface area contributed by atoms with Crippen molar-refractivity contribution in [2.24, 2.45) is 0 Å². The summed E-state index contributed by atoms with van der Waals surface area (Å²) in [5.74, 6) is -0.173. The molecule has 0 aliphatic carbocycles. The maximum absolute atomic E-state index is 13.1. The molecule has 0 aromatic heterocycles. The van der Waals surface area contributed by atoms with E-state index in [1.165, 1.54) is 12.1 Å². The number of nitrogens with zero attached hydrogens (tertiary/aromatic N) is 1. The van der Waals surface area contributed by atoms with E-state index in [1.807, 2.05) is 31.2 Å². The molecule has 1 aliphatic heterocycles. The molecule has 136 valence electrons. The van der Waals surface area contributed by atoms with E-state index < -0.39 is 11.0 Å². The number of amides is 1. The second-order valence-corrected chi connectivity index (χ2v) is 6.41. The first-order chi connectivity index (χ1) is 12.5. The molecule has 1 amide bonds. The van der Waals surface area contributed by atoms with Gasteiger partial charge in [-0.1, -0.05) is 24.3 Å². The number of rotatable bonds is 5. The van der Waals surface area contributed by atoms with E-state index in [0.29, 0.717) is 31.9 Å². The third kappa shape index (κ3) is 4.25. The zero-order valence-electron chi connectivity index (χ0n) is 14.6. The van der Waals surface area contributed by atoms with Crippen LogP contribution in [0.2, 0.25) is 0 Å².